The molecule has 0 spiro atoms. The van der Waals surface area contributed by atoms with Crippen LogP contribution in [0.25, 0.3) is 0 Å². The average Bonchev–Trinajstić information content (AvgIpc) is 2.96. The van der Waals surface area contributed by atoms with E-state index in [1.54, 1.807) is 6.07 Å². The van der Waals surface area contributed by atoms with Gasteiger partial charge < -0.3 is 14.8 Å². The quantitative estimate of drug-likeness (QED) is 0.719. The van der Waals surface area contributed by atoms with E-state index in [9.17, 15) is 13.2 Å². The van der Waals surface area contributed by atoms with E-state index in [0.29, 0.717) is 5.75 Å². The largest absolute Gasteiger partial charge is 0.405 e. The number of hydrogen-bond donors (Lipinski definition) is 1. The molecule has 0 saturated carbocycles. The summed E-state index contributed by atoms with van der Waals surface area (Å²) in [4.78, 5) is 11.0. The summed E-state index contributed by atoms with van der Waals surface area (Å²) in [5.74, 6) is 3.76. The van der Waals surface area contributed by atoms with E-state index in [4.69, 9.17) is 0 Å². The number of nitrogens with zero attached hydrogens (tertiary/aromatic N) is 4. The Morgan fingerprint density at radius 3 is 2.59 bits per heavy atom. The molecule has 27 heavy (non-hydrogen) atoms. The number of hydrogen-bond acceptors (Lipinski definition) is 6. The Labute approximate surface area is 165 Å². The lowest BCUT2D eigenvalue weighted by molar-refractivity contribution is -0.115. The molecular weight excluding hydrogens is 395 g/mol. The SMILES string of the molecule is Cc1nc(SCc2cc(N3CCSCC3)cc(NCC(F)(F)F)n2)cn1C. The summed E-state index contributed by atoms with van der Waals surface area (Å²) >= 11 is 3.42. The van der Waals surface area contributed by atoms with Gasteiger partial charge in [-0.15, -0.1) is 0 Å². The van der Waals surface area contributed by atoms with Gasteiger partial charge in [0.2, 0.25) is 0 Å². The Morgan fingerprint density at radius 1 is 1.22 bits per heavy atom. The third-order valence-electron chi connectivity index (χ3n) is 4.16. The van der Waals surface area contributed by atoms with E-state index in [-0.39, 0.29) is 5.82 Å². The summed E-state index contributed by atoms with van der Waals surface area (Å²) in [5, 5.41) is 3.30. The van der Waals surface area contributed by atoms with Crippen LogP contribution in [0.15, 0.2) is 23.4 Å². The van der Waals surface area contributed by atoms with Gasteiger partial charge in [-0.3, -0.25) is 0 Å². The van der Waals surface area contributed by atoms with Crippen molar-refractivity contribution < 1.29 is 13.2 Å². The van der Waals surface area contributed by atoms with Gasteiger partial charge in [0.15, 0.2) is 0 Å². The summed E-state index contributed by atoms with van der Waals surface area (Å²) in [6.07, 6.45) is -2.34. The zero-order chi connectivity index (χ0) is 19.4. The Bertz CT molecular complexity index is 753. The first kappa shape index (κ1) is 20.2. The minimum absolute atomic E-state index is 0.260. The molecule has 2 aromatic heterocycles. The normalized spacial score (nSPS) is 15.2. The fourth-order valence-electron chi connectivity index (χ4n) is 2.67. The predicted octanol–water partition coefficient (Wildman–Crippen LogP) is 3.94. The maximum absolute atomic E-state index is 12.6. The number of rotatable bonds is 6. The second-order valence-electron chi connectivity index (χ2n) is 6.30. The molecule has 148 valence electrons. The smallest absolute Gasteiger partial charge is 0.370 e. The van der Waals surface area contributed by atoms with Gasteiger partial charge in [-0.2, -0.15) is 24.9 Å². The van der Waals surface area contributed by atoms with Crippen LogP contribution in [0.1, 0.15) is 11.5 Å². The highest BCUT2D eigenvalue weighted by atomic mass is 32.2. The molecule has 1 aliphatic rings. The van der Waals surface area contributed by atoms with Gasteiger partial charge in [0, 0.05) is 55.3 Å². The molecule has 0 bridgehead atoms. The maximum Gasteiger partial charge on any atom is 0.405 e. The van der Waals surface area contributed by atoms with Crippen LogP contribution in [0, 0.1) is 6.92 Å². The third-order valence-corrected chi connectivity index (χ3v) is 6.04. The number of nitrogens with one attached hydrogen (secondary N) is 1. The number of pyridine rings is 1. The molecule has 0 unspecified atom stereocenters. The molecule has 0 aliphatic carbocycles. The minimum Gasteiger partial charge on any atom is -0.370 e. The van der Waals surface area contributed by atoms with Crippen molar-refractivity contribution in [2.75, 3.05) is 41.4 Å². The number of halogens is 3. The molecular formula is C17H22F3N5S2. The summed E-state index contributed by atoms with van der Waals surface area (Å²) < 4.78 is 39.7. The van der Waals surface area contributed by atoms with Gasteiger partial charge in [-0.1, -0.05) is 11.8 Å². The Morgan fingerprint density at radius 2 is 1.96 bits per heavy atom. The number of aromatic nitrogens is 3. The molecule has 10 heteroatoms. The van der Waals surface area contributed by atoms with E-state index in [0.717, 1.165) is 46.8 Å². The Balaban J connectivity index is 1.77. The number of anilines is 2. The molecule has 3 rings (SSSR count). The van der Waals surface area contributed by atoms with Crippen molar-refractivity contribution in [2.45, 2.75) is 23.9 Å². The Kier molecular flexibility index (Phi) is 6.46. The van der Waals surface area contributed by atoms with Gasteiger partial charge >= 0.3 is 6.18 Å². The fraction of sp³-hybridized carbons (Fsp3) is 0.529. The molecule has 5 nitrogen and oxygen atoms in total. The van der Waals surface area contributed by atoms with Crippen LogP contribution >= 0.6 is 23.5 Å². The van der Waals surface area contributed by atoms with Crippen LogP contribution in [0.5, 0.6) is 0 Å². The maximum atomic E-state index is 12.6. The van der Waals surface area contributed by atoms with Crippen molar-refractivity contribution in [1.29, 1.82) is 0 Å². The van der Waals surface area contributed by atoms with Crippen LogP contribution in [-0.2, 0) is 12.8 Å². The van der Waals surface area contributed by atoms with Gasteiger partial charge in [0.25, 0.3) is 0 Å². The number of thioether (sulfide) groups is 2. The van der Waals surface area contributed by atoms with Gasteiger partial charge in [0.1, 0.15) is 23.2 Å². The third kappa shape index (κ3) is 5.97. The van der Waals surface area contributed by atoms with Crippen LogP contribution in [0.4, 0.5) is 24.7 Å². The molecule has 3 heterocycles. The number of alkyl halides is 3. The van der Waals surface area contributed by atoms with E-state index in [1.165, 1.54) is 11.8 Å². The molecule has 1 aliphatic heterocycles. The molecule has 0 amide bonds. The van der Waals surface area contributed by atoms with Crippen molar-refractivity contribution >= 4 is 35.0 Å². The van der Waals surface area contributed by atoms with Crippen LogP contribution in [0.2, 0.25) is 0 Å². The Hall–Kier alpha value is -1.55. The molecule has 0 atom stereocenters. The van der Waals surface area contributed by atoms with E-state index >= 15 is 0 Å². The van der Waals surface area contributed by atoms with E-state index < -0.39 is 12.7 Å². The lowest BCUT2D eigenvalue weighted by Crippen LogP contribution is -2.32. The molecule has 2 aromatic rings. The molecule has 0 aromatic carbocycles. The van der Waals surface area contributed by atoms with Crippen LogP contribution < -0.4 is 10.2 Å². The topological polar surface area (TPSA) is 46.0 Å². The first-order valence-corrected chi connectivity index (χ1v) is 10.7. The highest BCUT2D eigenvalue weighted by Gasteiger charge is 2.27. The molecule has 0 radical (unpaired) electrons. The average molecular weight is 418 g/mol. The monoisotopic (exact) mass is 417 g/mol. The zero-order valence-electron chi connectivity index (χ0n) is 15.2. The lowest BCUT2D eigenvalue weighted by Gasteiger charge is -2.29. The second kappa shape index (κ2) is 8.64. The van der Waals surface area contributed by atoms with E-state index in [2.05, 4.69) is 20.2 Å². The number of aryl methyl sites for hydroxylation is 2. The fourth-order valence-corrected chi connectivity index (χ4v) is 4.45. The summed E-state index contributed by atoms with van der Waals surface area (Å²) in [7, 11) is 1.93. The second-order valence-corrected chi connectivity index (χ2v) is 8.52. The molecule has 1 saturated heterocycles. The van der Waals surface area contributed by atoms with Gasteiger partial charge in [-0.05, 0) is 13.0 Å². The van der Waals surface area contributed by atoms with Crippen molar-refractivity contribution in [3.05, 3.63) is 29.8 Å². The lowest BCUT2D eigenvalue weighted by atomic mass is 10.2. The minimum atomic E-state index is -4.28. The summed E-state index contributed by atoms with van der Waals surface area (Å²) in [6, 6.07) is 3.68. The van der Waals surface area contributed by atoms with Crippen molar-refractivity contribution in [1.82, 2.24) is 14.5 Å². The molecule has 1 N–H and O–H groups in total. The first-order chi connectivity index (χ1) is 12.8. The summed E-state index contributed by atoms with van der Waals surface area (Å²) in [5.41, 5.74) is 1.66. The van der Waals surface area contributed by atoms with Crippen LogP contribution in [-0.4, -0.2) is 51.9 Å². The highest BCUT2D eigenvalue weighted by molar-refractivity contribution is 7.99. The van der Waals surface area contributed by atoms with Crippen molar-refractivity contribution in [3.8, 4) is 0 Å². The van der Waals surface area contributed by atoms with Crippen molar-refractivity contribution in [2.24, 2.45) is 7.05 Å². The predicted molar refractivity (Wildman–Crippen MR) is 106 cm³/mol. The van der Waals surface area contributed by atoms with E-state index in [1.807, 2.05) is 42.6 Å². The van der Waals surface area contributed by atoms with Gasteiger partial charge in [0.05, 0.1) is 5.69 Å². The van der Waals surface area contributed by atoms with Crippen molar-refractivity contribution in [3.63, 3.8) is 0 Å². The highest BCUT2D eigenvalue weighted by Crippen LogP contribution is 2.27. The first-order valence-electron chi connectivity index (χ1n) is 8.57. The standard InChI is InChI=1S/C17H22F3N5S2/c1-12-22-16(9-24(12)2)27-10-13-7-14(25-3-5-26-6-4-25)8-15(23-13)21-11-17(18,19)20/h7-9H,3-6,10-11H2,1-2H3,(H,21,23). The van der Waals surface area contributed by atoms with Crippen LogP contribution in [0.3, 0.4) is 0 Å². The van der Waals surface area contributed by atoms with Gasteiger partial charge in [-0.25, -0.2) is 9.97 Å². The molecule has 1 fully saturated rings. The zero-order valence-corrected chi connectivity index (χ0v) is 16.8. The number of imidazole rings is 1. The summed E-state index contributed by atoms with van der Waals surface area (Å²) in [6.45, 7) is 2.61.